The molecule has 0 radical (unpaired) electrons. The molecule has 224 valence electrons. The molecule has 5 heteroatoms. The van der Waals surface area contributed by atoms with Gasteiger partial charge >= 0.3 is 0 Å². The third-order valence-electron chi connectivity index (χ3n) is 14.5. The average Bonchev–Trinajstić information content (AvgIpc) is 3.00. The second kappa shape index (κ2) is 9.15. The molecule has 6 rings (SSSR count). The van der Waals surface area contributed by atoms with E-state index in [1.807, 2.05) is 0 Å². The molecule has 2 saturated heterocycles. The zero-order valence-electron chi connectivity index (χ0n) is 26.9. The first kappa shape index (κ1) is 28.9. The van der Waals surface area contributed by atoms with Crippen molar-refractivity contribution in [3.05, 3.63) is 11.6 Å². The minimum absolute atomic E-state index is 0.0152. The highest BCUT2D eigenvalue weighted by Crippen LogP contribution is 2.74. The van der Waals surface area contributed by atoms with E-state index in [-0.39, 0.29) is 38.5 Å². The number of allylic oxidation sites excluding steroid dienone is 2. The summed E-state index contributed by atoms with van der Waals surface area (Å²) in [6.07, 6.45) is 12.2. The zero-order chi connectivity index (χ0) is 28.9. The fourth-order valence-electron chi connectivity index (χ4n) is 11.7. The lowest BCUT2D eigenvalue weighted by atomic mass is 9.35. The Kier molecular flexibility index (Phi) is 6.61. The van der Waals surface area contributed by atoms with E-state index in [4.69, 9.17) is 0 Å². The fraction of sp³-hybridized carbons (Fsp3) is 0.886. The molecule has 1 amide bonds. The first-order chi connectivity index (χ1) is 18.6. The first-order valence-corrected chi connectivity index (χ1v) is 16.6. The third kappa shape index (κ3) is 3.91. The van der Waals surface area contributed by atoms with Crippen LogP contribution in [0.1, 0.15) is 106 Å². The van der Waals surface area contributed by atoms with E-state index in [2.05, 4.69) is 76.7 Å². The predicted molar refractivity (Wildman–Crippen MR) is 162 cm³/mol. The lowest BCUT2D eigenvalue weighted by Crippen LogP contribution is -2.66. The SMILES string of the molecule is CN1CCN(C(=O)[C@@]2(C)CC[C@]3(C)CC[C@]4(C)C(=CC(=O)[C@@H]5[C@@]6(C)CCCNC(C)(C)[C@@H]6CC[C@]54C)[C@@H]3C2)CC1. The summed E-state index contributed by atoms with van der Waals surface area (Å²) in [5.74, 6) is 1.68. The quantitative estimate of drug-likeness (QED) is 0.429. The summed E-state index contributed by atoms with van der Waals surface area (Å²) in [5.41, 5.74) is 1.33. The molecule has 2 aliphatic heterocycles. The number of likely N-dealkylation sites (N-methyl/N-ethyl adjacent to an activating group) is 1. The summed E-state index contributed by atoms with van der Waals surface area (Å²) < 4.78 is 0. The van der Waals surface area contributed by atoms with Crippen LogP contribution >= 0.6 is 0 Å². The van der Waals surface area contributed by atoms with Crippen LogP contribution in [0.4, 0.5) is 0 Å². The van der Waals surface area contributed by atoms with Crippen LogP contribution in [0, 0.1) is 44.8 Å². The highest BCUT2D eigenvalue weighted by molar-refractivity contribution is 5.95. The van der Waals surface area contributed by atoms with Crippen molar-refractivity contribution in [2.75, 3.05) is 39.8 Å². The molecule has 2 heterocycles. The minimum Gasteiger partial charge on any atom is -0.340 e. The topological polar surface area (TPSA) is 52.7 Å². The number of hydrogen-bond donors (Lipinski definition) is 1. The van der Waals surface area contributed by atoms with Crippen molar-refractivity contribution >= 4 is 11.7 Å². The van der Waals surface area contributed by atoms with Crippen LogP contribution in [0.15, 0.2) is 11.6 Å². The molecule has 8 atom stereocenters. The average molecular weight is 552 g/mol. The molecule has 1 N–H and O–H groups in total. The molecule has 4 aliphatic carbocycles. The molecule has 0 bridgehead atoms. The van der Waals surface area contributed by atoms with Gasteiger partial charge < -0.3 is 15.1 Å². The Labute approximate surface area is 244 Å². The number of nitrogens with zero attached hydrogens (tertiary/aromatic N) is 2. The van der Waals surface area contributed by atoms with Crippen molar-refractivity contribution in [1.29, 1.82) is 0 Å². The second-order valence-electron chi connectivity index (χ2n) is 17.1. The Morgan fingerprint density at radius 1 is 0.900 bits per heavy atom. The molecule has 0 spiro atoms. The summed E-state index contributed by atoms with van der Waals surface area (Å²) in [7, 11) is 2.15. The van der Waals surface area contributed by atoms with Gasteiger partial charge in [0.05, 0.1) is 0 Å². The van der Waals surface area contributed by atoms with E-state index in [9.17, 15) is 9.59 Å². The molecule has 0 unspecified atom stereocenters. The Balaban J connectivity index is 1.38. The second-order valence-corrected chi connectivity index (χ2v) is 17.1. The molecule has 0 aromatic carbocycles. The van der Waals surface area contributed by atoms with Crippen LogP contribution in [0.5, 0.6) is 0 Å². The third-order valence-corrected chi connectivity index (χ3v) is 14.5. The standard InChI is InChI=1S/C35H57N3O2/c1-30(2)27-10-12-35(7)28(33(27,5)11-9-17-36-30)26(39)22-24-25-23-32(4,29(40)38-20-18-37(8)19-21-38)14-13-31(25,3)15-16-34(24,35)6/h22,25,27-28,36H,9-21,23H2,1-8H3/t25-,27-,28+,31+,32-,33-,34+,35+/m0/s1. The van der Waals surface area contributed by atoms with Gasteiger partial charge in [0, 0.05) is 43.1 Å². The maximum absolute atomic E-state index is 14.6. The van der Waals surface area contributed by atoms with Crippen molar-refractivity contribution in [3.8, 4) is 0 Å². The van der Waals surface area contributed by atoms with Crippen molar-refractivity contribution in [1.82, 2.24) is 15.1 Å². The van der Waals surface area contributed by atoms with E-state index < -0.39 is 0 Å². The normalized spacial score (nSPS) is 49.1. The van der Waals surface area contributed by atoms with Crippen LogP contribution in [-0.4, -0.2) is 66.8 Å². The van der Waals surface area contributed by atoms with Crippen LogP contribution in [0.25, 0.3) is 0 Å². The van der Waals surface area contributed by atoms with Crippen LogP contribution in [0.3, 0.4) is 0 Å². The summed E-state index contributed by atoms with van der Waals surface area (Å²) in [6, 6.07) is 0. The Morgan fingerprint density at radius 2 is 1.57 bits per heavy atom. The van der Waals surface area contributed by atoms with Gasteiger partial charge in [-0.3, -0.25) is 9.59 Å². The lowest BCUT2D eigenvalue weighted by molar-refractivity contribution is -0.171. The first-order valence-electron chi connectivity index (χ1n) is 16.6. The van der Waals surface area contributed by atoms with Crippen molar-refractivity contribution in [2.24, 2.45) is 44.8 Å². The maximum Gasteiger partial charge on any atom is 0.228 e. The highest BCUT2D eigenvalue weighted by Gasteiger charge is 2.69. The van der Waals surface area contributed by atoms with Gasteiger partial charge in [0.25, 0.3) is 0 Å². The summed E-state index contributed by atoms with van der Waals surface area (Å²) in [5, 5.41) is 3.86. The van der Waals surface area contributed by atoms with Gasteiger partial charge in [-0.1, -0.05) is 40.2 Å². The molecule has 3 saturated carbocycles. The van der Waals surface area contributed by atoms with Crippen LogP contribution in [-0.2, 0) is 9.59 Å². The number of amides is 1. The zero-order valence-corrected chi connectivity index (χ0v) is 26.9. The van der Waals surface area contributed by atoms with E-state index in [0.717, 1.165) is 71.2 Å². The lowest BCUT2D eigenvalue weighted by Gasteiger charge is -2.69. The van der Waals surface area contributed by atoms with E-state index in [0.29, 0.717) is 23.5 Å². The molecule has 0 aromatic heterocycles. The van der Waals surface area contributed by atoms with E-state index in [1.165, 1.54) is 24.8 Å². The van der Waals surface area contributed by atoms with Crippen molar-refractivity contribution in [2.45, 2.75) is 112 Å². The number of ketones is 1. The van der Waals surface area contributed by atoms with E-state index in [1.54, 1.807) is 0 Å². The number of rotatable bonds is 1. The monoisotopic (exact) mass is 551 g/mol. The minimum atomic E-state index is -0.333. The molecule has 40 heavy (non-hydrogen) atoms. The largest absolute Gasteiger partial charge is 0.340 e. The summed E-state index contributed by atoms with van der Waals surface area (Å²) in [4.78, 5) is 33.1. The number of hydrogen-bond acceptors (Lipinski definition) is 4. The van der Waals surface area contributed by atoms with Crippen LogP contribution in [0.2, 0.25) is 0 Å². The van der Waals surface area contributed by atoms with Gasteiger partial charge in [-0.05, 0) is 125 Å². The smallest absolute Gasteiger partial charge is 0.228 e. The molecular weight excluding hydrogens is 494 g/mol. The maximum atomic E-state index is 14.6. The predicted octanol–water partition coefficient (Wildman–Crippen LogP) is 6.08. The van der Waals surface area contributed by atoms with Crippen LogP contribution < -0.4 is 5.32 Å². The molecule has 5 fully saturated rings. The highest BCUT2D eigenvalue weighted by atomic mass is 16.2. The van der Waals surface area contributed by atoms with Gasteiger partial charge in [0.2, 0.25) is 5.91 Å². The molecule has 0 aromatic rings. The fourth-order valence-corrected chi connectivity index (χ4v) is 11.7. The number of nitrogens with one attached hydrogen (secondary N) is 1. The summed E-state index contributed by atoms with van der Waals surface area (Å²) >= 11 is 0. The summed E-state index contributed by atoms with van der Waals surface area (Å²) in [6.45, 7) is 21.7. The number of carbonyl (C=O) groups excluding carboxylic acids is 2. The number of carbonyl (C=O) groups is 2. The van der Waals surface area contributed by atoms with Gasteiger partial charge in [-0.25, -0.2) is 0 Å². The number of fused-ring (bicyclic) bond motifs is 7. The Hall–Kier alpha value is -1.20. The van der Waals surface area contributed by atoms with Gasteiger partial charge in [0.1, 0.15) is 0 Å². The Morgan fingerprint density at radius 3 is 2.27 bits per heavy atom. The van der Waals surface area contributed by atoms with E-state index >= 15 is 0 Å². The van der Waals surface area contributed by atoms with Crippen molar-refractivity contribution in [3.63, 3.8) is 0 Å². The van der Waals surface area contributed by atoms with Crippen molar-refractivity contribution < 1.29 is 9.59 Å². The Bertz CT molecular complexity index is 1110. The number of piperazine rings is 1. The molecule has 6 aliphatic rings. The van der Waals surface area contributed by atoms with Gasteiger partial charge in [0.15, 0.2) is 5.78 Å². The molecular formula is C35H57N3O2. The van der Waals surface area contributed by atoms with Gasteiger partial charge in [-0.2, -0.15) is 0 Å². The van der Waals surface area contributed by atoms with Gasteiger partial charge in [-0.15, -0.1) is 0 Å². The molecule has 5 nitrogen and oxygen atoms in total.